The van der Waals surface area contributed by atoms with Gasteiger partial charge in [-0.15, -0.1) is 0 Å². The first-order valence-electron chi connectivity index (χ1n) is 14.2. The highest BCUT2D eigenvalue weighted by molar-refractivity contribution is 14.1. The SMILES string of the molecule is CC(CCCCCCCC(=O)OC1CC(C)(C)N(O)C(C)(C)C1)C(=O)OC1CC(C)(C)N(I)C(C)(C)C1. The Morgan fingerprint density at radius 3 is 1.76 bits per heavy atom. The fraction of sp³-hybridized carbons (Fsp3) is 0.931. The van der Waals surface area contributed by atoms with E-state index in [1.54, 1.807) is 0 Å². The molecule has 0 aromatic heterocycles. The lowest BCUT2D eigenvalue weighted by atomic mass is 9.80. The van der Waals surface area contributed by atoms with Gasteiger partial charge in [0.1, 0.15) is 12.2 Å². The van der Waals surface area contributed by atoms with Gasteiger partial charge in [-0.3, -0.25) is 9.59 Å². The molecule has 2 rings (SSSR count). The van der Waals surface area contributed by atoms with Crippen LogP contribution in [0.2, 0.25) is 0 Å². The fourth-order valence-corrected chi connectivity index (χ4v) is 6.80. The van der Waals surface area contributed by atoms with Crippen LogP contribution >= 0.6 is 22.9 Å². The van der Waals surface area contributed by atoms with E-state index in [2.05, 4.69) is 53.7 Å². The van der Waals surface area contributed by atoms with Gasteiger partial charge in [-0.25, -0.2) is 3.11 Å². The summed E-state index contributed by atoms with van der Waals surface area (Å²) in [4.78, 5) is 25.1. The van der Waals surface area contributed by atoms with Gasteiger partial charge in [-0.2, -0.15) is 5.06 Å². The van der Waals surface area contributed by atoms with Crippen LogP contribution in [0.4, 0.5) is 0 Å². The van der Waals surface area contributed by atoms with Gasteiger partial charge in [0.2, 0.25) is 0 Å². The average molecular weight is 637 g/mol. The second kappa shape index (κ2) is 12.8. The Kier molecular flexibility index (Phi) is 11.3. The molecular weight excluding hydrogens is 583 g/mol. The normalized spacial score (nSPS) is 24.9. The molecule has 2 heterocycles. The largest absolute Gasteiger partial charge is 0.462 e. The fourth-order valence-electron chi connectivity index (χ4n) is 6.40. The summed E-state index contributed by atoms with van der Waals surface area (Å²) < 4.78 is 14.1. The molecule has 2 aliphatic rings. The summed E-state index contributed by atoms with van der Waals surface area (Å²) in [5.41, 5.74) is -0.854. The Bertz CT molecular complexity index is 746. The molecule has 1 atom stereocenters. The molecule has 0 aromatic rings. The minimum atomic E-state index is -0.420. The molecule has 0 bridgehead atoms. The molecule has 1 N–H and O–H groups in total. The number of unbranched alkanes of at least 4 members (excludes halogenated alkanes) is 4. The molecule has 0 spiro atoms. The van der Waals surface area contributed by atoms with Crippen molar-refractivity contribution in [3.63, 3.8) is 0 Å². The number of carbonyl (C=O) groups excluding carboxylic acids is 2. The molecule has 216 valence electrons. The van der Waals surface area contributed by atoms with Crippen molar-refractivity contribution in [2.75, 3.05) is 0 Å². The number of hydrogen-bond acceptors (Lipinski definition) is 7. The predicted molar refractivity (Wildman–Crippen MR) is 156 cm³/mol. The first-order valence-corrected chi connectivity index (χ1v) is 15.2. The molecule has 1 unspecified atom stereocenters. The number of rotatable bonds is 11. The molecule has 37 heavy (non-hydrogen) atoms. The molecule has 2 aliphatic heterocycles. The average Bonchev–Trinajstić information content (AvgIpc) is 2.74. The van der Waals surface area contributed by atoms with Crippen LogP contribution in [0.15, 0.2) is 0 Å². The van der Waals surface area contributed by atoms with Gasteiger partial charge < -0.3 is 14.7 Å². The minimum absolute atomic E-state index is 0.00681. The van der Waals surface area contributed by atoms with E-state index in [9.17, 15) is 14.8 Å². The van der Waals surface area contributed by atoms with Gasteiger partial charge in [-0.05, 0) is 68.2 Å². The van der Waals surface area contributed by atoms with Crippen molar-refractivity contribution in [2.45, 2.75) is 167 Å². The summed E-state index contributed by atoms with van der Waals surface area (Å²) in [6.07, 6.45) is 8.97. The van der Waals surface area contributed by atoms with Crippen molar-refractivity contribution < 1.29 is 24.3 Å². The van der Waals surface area contributed by atoms with E-state index in [1.165, 1.54) is 5.06 Å². The van der Waals surface area contributed by atoms with E-state index < -0.39 is 11.1 Å². The molecule has 0 aliphatic carbocycles. The molecular formula is C29H53IN2O5. The molecule has 0 saturated carbocycles. The predicted octanol–water partition coefficient (Wildman–Crippen LogP) is 7.22. The molecule has 8 heteroatoms. The first-order chi connectivity index (χ1) is 16.9. The maximum atomic E-state index is 12.7. The number of esters is 2. The molecule has 0 amide bonds. The number of hydrogen-bond donors (Lipinski definition) is 1. The number of piperidine rings is 2. The highest BCUT2D eigenvalue weighted by atomic mass is 127. The second-order valence-electron chi connectivity index (χ2n) is 14.0. The summed E-state index contributed by atoms with van der Waals surface area (Å²) in [5.74, 6) is -0.295. The van der Waals surface area contributed by atoms with Crippen LogP contribution in [0.25, 0.3) is 0 Å². The van der Waals surface area contributed by atoms with Gasteiger partial charge in [0.25, 0.3) is 0 Å². The van der Waals surface area contributed by atoms with Crippen LogP contribution in [-0.4, -0.2) is 59.7 Å². The van der Waals surface area contributed by atoms with Gasteiger partial charge in [0.15, 0.2) is 0 Å². The van der Waals surface area contributed by atoms with Crippen LogP contribution < -0.4 is 0 Å². The standard InChI is InChI=1S/C29H53IN2O5/c1-21(25(34)37-23-17-26(2,3)31(30)27(4,5)18-23)15-13-11-10-12-14-16-24(33)36-22-19-28(6,7)32(35)29(8,9)20-22/h21-23,35H,10-20H2,1-9H3. The smallest absolute Gasteiger partial charge is 0.308 e. The van der Waals surface area contributed by atoms with Crippen LogP contribution in [0.3, 0.4) is 0 Å². The number of halogens is 1. The van der Waals surface area contributed by atoms with E-state index in [-0.39, 0.29) is 41.1 Å². The van der Waals surface area contributed by atoms with E-state index in [0.717, 1.165) is 51.4 Å². The number of carbonyl (C=O) groups is 2. The van der Waals surface area contributed by atoms with Crippen molar-refractivity contribution in [3.05, 3.63) is 0 Å². The highest BCUT2D eigenvalue weighted by Gasteiger charge is 2.47. The van der Waals surface area contributed by atoms with E-state index >= 15 is 0 Å². The molecule has 2 fully saturated rings. The second-order valence-corrected chi connectivity index (χ2v) is 15.0. The highest BCUT2D eigenvalue weighted by Crippen LogP contribution is 2.42. The van der Waals surface area contributed by atoms with Crippen molar-refractivity contribution in [1.82, 2.24) is 8.18 Å². The van der Waals surface area contributed by atoms with E-state index in [1.807, 2.05) is 34.6 Å². The third-order valence-electron chi connectivity index (χ3n) is 8.12. The van der Waals surface area contributed by atoms with Crippen molar-refractivity contribution in [2.24, 2.45) is 5.92 Å². The van der Waals surface area contributed by atoms with Crippen LogP contribution in [-0.2, 0) is 19.1 Å². The number of nitrogens with zero attached hydrogens (tertiary/aromatic N) is 2. The van der Waals surface area contributed by atoms with Crippen LogP contribution in [0.1, 0.15) is 133 Å². The summed E-state index contributed by atoms with van der Waals surface area (Å²) in [6, 6.07) is 0. The van der Waals surface area contributed by atoms with Gasteiger partial charge in [0.05, 0.1) is 5.92 Å². The molecule has 7 nitrogen and oxygen atoms in total. The third-order valence-corrected chi connectivity index (χ3v) is 10.7. The van der Waals surface area contributed by atoms with Crippen LogP contribution in [0, 0.1) is 5.92 Å². The molecule has 0 radical (unpaired) electrons. The molecule has 2 saturated heterocycles. The Morgan fingerprint density at radius 1 is 0.784 bits per heavy atom. The van der Waals surface area contributed by atoms with Crippen LogP contribution in [0.5, 0.6) is 0 Å². The maximum Gasteiger partial charge on any atom is 0.308 e. The summed E-state index contributed by atoms with van der Waals surface area (Å²) in [5, 5.41) is 11.8. The Morgan fingerprint density at radius 2 is 1.22 bits per heavy atom. The quantitative estimate of drug-likeness (QED) is 0.111. The lowest BCUT2D eigenvalue weighted by Crippen LogP contribution is -2.60. The summed E-state index contributed by atoms with van der Waals surface area (Å²) in [7, 11) is 0. The Labute approximate surface area is 239 Å². The molecule has 0 aromatic carbocycles. The van der Waals surface area contributed by atoms with Gasteiger partial charge in [0, 0.05) is 77.1 Å². The van der Waals surface area contributed by atoms with Crippen molar-refractivity contribution in [3.8, 4) is 0 Å². The van der Waals surface area contributed by atoms with Gasteiger partial charge >= 0.3 is 11.9 Å². The first kappa shape index (κ1) is 32.8. The monoisotopic (exact) mass is 636 g/mol. The Balaban J connectivity index is 1.60. The lowest BCUT2D eigenvalue weighted by Gasteiger charge is -2.51. The Hall–Kier alpha value is -0.450. The third kappa shape index (κ3) is 9.31. The number of ether oxygens (including phenoxy) is 2. The zero-order chi connectivity index (χ0) is 28.2. The summed E-state index contributed by atoms with van der Waals surface area (Å²) >= 11 is 2.41. The van der Waals surface area contributed by atoms with Gasteiger partial charge in [-0.1, -0.05) is 32.6 Å². The minimum Gasteiger partial charge on any atom is -0.462 e. The zero-order valence-corrected chi connectivity index (χ0v) is 27.0. The van der Waals surface area contributed by atoms with E-state index in [0.29, 0.717) is 19.3 Å². The topological polar surface area (TPSA) is 79.3 Å². The zero-order valence-electron chi connectivity index (χ0n) is 24.9. The van der Waals surface area contributed by atoms with Crippen molar-refractivity contribution >= 4 is 34.8 Å². The van der Waals surface area contributed by atoms with E-state index in [4.69, 9.17) is 9.47 Å². The summed E-state index contributed by atoms with van der Waals surface area (Å²) in [6.45, 7) is 18.7. The van der Waals surface area contributed by atoms with Crippen molar-refractivity contribution in [1.29, 1.82) is 0 Å². The lowest BCUT2D eigenvalue weighted by molar-refractivity contribution is -0.259. The number of hydroxylamine groups is 2. The maximum absolute atomic E-state index is 12.7.